The normalized spacial score (nSPS) is 23.1. The topological polar surface area (TPSA) is 74.2 Å². The van der Waals surface area contributed by atoms with Crippen LogP contribution in [0.3, 0.4) is 0 Å². The molecule has 5 nitrogen and oxygen atoms in total. The van der Waals surface area contributed by atoms with Crippen LogP contribution in [0.1, 0.15) is 57.3 Å². The van der Waals surface area contributed by atoms with E-state index >= 15 is 0 Å². The Labute approximate surface area is 108 Å². The maximum Gasteiger partial charge on any atom is 0.246 e. The molecule has 0 aromatic carbocycles. The summed E-state index contributed by atoms with van der Waals surface area (Å²) < 4.78 is 10.7. The summed E-state index contributed by atoms with van der Waals surface area (Å²) in [5, 5.41) is 3.96. The molecule has 1 saturated heterocycles. The second kappa shape index (κ2) is 5.80. The van der Waals surface area contributed by atoms with Crippen LogP contribution in [0.25, 0.3) is 0 Å². The number of hydrogen-bond acceptors (Lipinski definition) is 5. The van der Waals surface area contributed by atoms with E-state index in [4.69, 9.17) is 15.0 Å². The standard InChI is InChI=1S/C11H19N3O2.ClH/c1-3-6-11(2,12)10-13-9(14-16-10)8-5-4-7-15-8;/h8H,3-7,12H2,1-2H3;1H. The van der Waals surface area contributed by atoms with Crippen molar-refractivity contribution in [2.24, 2.45) is 5.73 Å². The van der Waals surface area contributed by atoms with Crippen molar-refractivity contribution in [2.45, 2.75) is 51.2 Å². The Kier molecular flexibility index (Phi) is 4.91. The summed E-state index contributed by atoms with van der Waals surface area (Å²) in [6, 6.07) is 0. The van der Waals surface area contributed by atoms with Crippen molar-refractivity contribution in [1.29, 1.82) is 0 Å². The zero-order valence-electron chi connectivity index (χ0n) is 10.3. The highest BCUT2D eigenvalue weighted by Crippen LogP contribution is 2.28. The molecule has 6 heteroatoms. The predicted molar refractivity (Wildman–Crippen MR) is 65.9 cm³/mol. The van der Waals surface area contributed by atoms with Gasteiger partial charge in [0, 0.05) is 6.61 Å². The summed E-state index contributed by atoms with van der Waals surface area (Å²) in [6.07, 6.45) is 3.84. The molecule has 0 amide bonds. The second-order valence-corrected chi connectivity index (χ2v) is 4.63. The quantitative estimate of drug-likeness (QED) is 0.900. The minimum Gasteiger partial charge on any atom is -0.370 e. The lowest BCUT2D eigenvalue weighted by Gasteiger charge is -2.18. The van der Waals surface area contributed by atoms with E-state index in [1.54, 1.807) is 0 Å². The summed E-state index contributed by atoms with van der Waals surface area (Å²) >= 11 is 0. The molecule has 1 aliphatic heterocycles. The first-order valence-corrected chi connectivity index (χ1v) is 5.88. The van der Waals surface area contributed by atoms with Crippen LogP contribution in [0.4, 0.5) is 0 Å². The van der Waals surface area contributed by atoms with Gasteiger partial charge in [0.15, 0.2) is 0 Å². The maximum atomic E-state index is 6.12. The maximum absolute atomic E-state index is 6.12. The van der Waals surface area contributed by atoms with Gasteiger partial charge in [-0.2, -0.15) is 4.98 Å². The number of ether oxygens (including phenoxy) is 1. The minimum absolute atomic E-state index is 0. The molecular weight excluding hydrogens is 242 g/mol. The Balaban J connectivity index is 0.00000144. The van der Waals surface area contributed by atoms with Crippen LogP contribution in [0.15, 0.2) is 4.52 Å². The smallest absolute Gasteiger partial charge is 0.246 e. The largest absolute Gasteiger partial charge is 0.370 e. The van der Waals surface area contributed by atoms with Crippen LogP contribution in [-0.4, -0.2) is 16.7 Å². The van der Waals surface area contributed by atoms with Crippen LogP contribution in [-0.2, 0) is 10.3 Å². The molecule has 1 aromatic heterocycles. The van der Waals surface area contributed by atoms with Gasteiger partial charge in [-0.1, -0.05) is 18.5 Å². The molecule has 2 unspecified atom stereocenters. The summed E-state index contributed by atoms with van der Waals surface area (Å²) in [4.78, 5) is 4.35. The highest BCUT2D eigenvalue weighted by molar-refractivity contribution is 5.85. The average Bonchev–Trinajstić information content (AvgIpc) is 2.89. The minimum atomic E-state index is -0.529. The van der Waals surface area contributed by atoms with Gasteiger partial charge < -0.3 is 15.0 Å². The van der Waals surface area contributed by atoms with E-state index in [0.29, 0.717) is 11.7 Å². The van der Waals surface area contributed by atoms with Crippen LogP contribution < -0.4 is 5.73 Å². The van der Waals surface area contributed by atoms with Gasteiger partial charge in [-0.15, -0.1) is 12.4 Å². The third kappa shape index (κ3) is 3.18. The second-order valence-electron chi connectivity index (χ2n) is 4.63. The van der Waals surface area contributed by atoms with Gasteiger partial charge in [-0.25, -0.2) is 0 Å². The summed E-state index contributed by atoms with van der Waals surface area (Å²) in [6.45, 7) is 4.79. The van der Waals surface area contributed by atoms with Crippen LogP contribution in [0, 0.1) is 0 Å². The summed E-state index contributed by atoms with van der Waals surface area (Å²) in [7, 11) is 0. The lowest BCUT2D eigenvalue weighted by Crippen LogP contribution is -2.33. The van der Waals surface area contributed by atoms with Gasteiger partial charge in [-0.05, 0) is 26.2 Å². The number of halogens is 1. The highest BCUT2D eigenvalue weighted by Gasteiger charge is 2.30. The first-order valence-electron chi connectivity index (χ1n) is 5.88. The fourth-order valence-electron chi connectivity index (χ4n) is 2.01. The van der Waals surface area contributed by atoms with E-state index in [2.05, 4.69) is 17.1 Å². The molecule has 0 radical (unpaired) electrons. The molecule has 1 aliphatic rings. The van der Waals surface area contributed by atoms with E-state index in [9.17, 15) is 0 Å². The van der Waals surface area contributed by atoms with E-state index in [-0.39, 0.29) is 18.5 Å². The van der Waals surface area contributed by atoms with Crippen molar-refractivity contribution in [3.8, 4) is 0 Å². The molecule has 98 valence electrons. The van der Waals surface area contributed by atoms with Crippen molar-refractivity contribution >= 4 is 12.4 Å². The molecule has 0 bridgehead atoms. The fraction of sp³-hybridized carbons (Fsp3) is 0.818. The molecule has 17 heavy (non-hydrogen) atoms. The number of rotatable bonds is 4. The fourth-order valence-corrected chi connectivity index (χ4v) is 2.01. The number of nitrogens with zero attached hydrogens (tertiary/aromatic N) is 2. The van der Waals surface area contributed by atoms with E-state index in [1.165, 1.54) is 0 Å². The van der Waals surface area contributed by atoms with Gasteiger partial charge in [0.05, 0.1) is 5.54 Å². The number of nitrogens with two attached hydrogens (primary N) is 1. The Hall–Kier alpha value is -0.650. The average molecular weight is 262 g/mol. The predicted octanol–water partition coefficient (Wildman–Crippen LogP) is 2.32. The first kappa shape index (κ1) is 14.4. The van der Waals surface area contributed by atoms with E-state index in [1.807, 2.05) is 6.92 Å². The molecular formula is C11H20ClN3O2. The van der Waals surface area contributed by atoms with Crippen LogP contribution in [0.5, 0.6) is 0 Å². The van der Waals surface area contributed by atoms with Gasteiger partial charge in [0.25, 0.3) is 0 Å². The van der Waals surface area contributed by atoms with Crippen LogP contribution >= 0.6 is 12.4 Å². The van der Waals surface area contributed by atoms with Crippen molar-refractivity contribution in [2.75, 3.05) is 6.61 Å². The Morgan fingerprint density at radius 3 is 2.88 bits per heavy atom. The Morgan fingerprint density at radius 2 is 2.29 bits per heavy atom. The zero-order valence-corrected chi connectivity index (χ0v) is 11.1. The molecule has 1 aromatic rings. The van der Waals surface area contributed by atoms with E-state index in [0.717, 1.165) is 32.3 Å². The first-order chi connectivity index (χ1) is 7.63. The molecule has 2 N–H and O–H groups in total. The molecule has 2 rings (SSSR count). The SMILES string of the molecule is CCCC(C)(N)c1nc(C2CCCO2)no1.Cl. The molecule has 2 heterocycles. The third-order valence-electron chi connectivity index (χ3n) is 2.92. The van der Waals surface area contributed by atoms with Gasteiger partial charge in [-0.3, -0.25) is 0 Å². The van der Waals surface area contributed by atoms with Crippen molar-refractivity contribution in [1.82, 2.24) is 10.1 Å². The van der Waals surface area contributed by atoms with E-state index < -0.39 is 5.54 Å². The molecule has 0 spiro atoms. The summed E-state index contributed by atoms with van der Waals surface area (Å²) in [5.74, 6) is 1.15. The van der Waals surface area contributed by atoms with Gasteiger partial charge in [0.2, 0.25) is 11.7 Å². The van der Waals surface area contributed by atoms with Crippen molar-refractivity contribution < 1.29 is 9.26 Å². The Bertz CT molecular complexity index is 348. The monoisotopic (exact) mass is 261 g/mol. The molecule has 2 atom stereocenters. The lowest BCUT2D eigenvalue weighted by atomic mass is 9.98. The third-order valence-corrected chi connectivity index (χ3v) is 2.92. The molecule has 0 aliphatic carbocycles. The van der Waals surface area contributed by atoms with Crippen molar-refractivity contribution in [3.63, 3.8) is 0 Å². The summed E-state index contributed by atoms with van der Waals surface area (Å²) in [5.41, 5.74) is 5.59. The molecule has 1 fully saturated rings. The van der Waals surface area contributed by atoms with Gasteiger partial charge >= 0.3 is 0 Å². The molecule has 0 saturated carbocycles. The number of aromatic nitrogens is 2. The van der Waals surface area contributed by atoms with Crippen LogP contribution in [0.2, 0.25) is 0 Å². The number of hydrogen-bond donors (Lipinski definition) is 1. The Morgan fingerprint density at radius 1 is 1.53 bits per heavy atom. The van der Waals surface area contributed by atoms with Crippen molar-refractivity contribution in [3.05, 3.63) is 11.7 Å². The van der Waals surface area contributed by atoms with Gasteiger partial charge in [0.1, 0.15) is 6.10 Å². The highest BCUT2D eigenvalue weighted by atomic mass is 35.5. The zero-order chi connectivity index (χ0) is 11.6. The lowest BCUT2D eigenvalue weighted by molar-refractivity contribution is 0.103.